The molecule has 34 heavy (non-hydrogen) atoms. The first-order valence-electron chi connectivity index (χ1n) is 10.7. The number of nitrogens with two attached hydrogens (primary N) is 1. The topological polar surface area (TPSA) is 119 Å². The number of nitrogens with one attached hydrogen (secondary N) is 1. The highest BCUT2D eigenvalue weighted by Gasteiger charge is 2.29. The Morgan fingerprint density at radius 3 is 2.68 bits per heavy atom. The van der Waals surface area contributed by atoms with Crippen LogP contribution in [0.15, 0.2) is 42.9 Å². The number of aromatic nitrogens is 4. The fourth-order valence-electron chi connectivity index (χ4n) is 4.22. The minimum absolute atomic E-state index is 0.0180. The van der Waals surface area contributed by atoms with Crippen LogP contribution in [0.5, 0.6) is 0 Å². The van der Waals surface area contributed by atoms with E-state index >= 15 is 0 Å². The minimum Gasteiger partial charge on any atom is -0.397 e. The van der Waals surface area contributed by atoms with Gasteiger partial charge in [0.1, 0.15) is 11.6 Å². The molecule has 5 rings (SSSR count). The zero-order chi connectivity index (χ0) is 24.2. The van der Waals surface area contributed by atoms with Crippen molar-refractivity contribution in [1.29, 1.82) is 0 Å². The number of hydrogen-bond donors (Lipinski definition) is 2. The van der Waals surface area contributed by atoms with E-state index in [1.54, 1.807) is 37.8 Å². The average Bonchev–Trinajstić information content (AvgIpc) is 3.13. The maximum absolute atomic E-state index is 14.9. The van der Waals surface area contributed by atoms with E-state index < -0.39 is 10.0 Å². The summed E-state index contributed by atoms with van der Waals surface area (Å²) in [5.74, 6) is 0.380. The predicted octanol–water partition coefficient (Wildman–Crippen LogP) is 3.60. The van der Waals surface area contributed by atoms with Gasteiger partial charge in [-0.25, -0.2) is 22.1 Å². The van der Waals surface area contributed by atoms with Crippen LogP contribution in [0.3, 0.4) is 0 Å². The number of halogens is 1. The van der Waals surface area contributed by atoms with Gasteiger partial charge in [-0.2, -0.15) is 5.10 Å². The van der Waals surface area contributed by atoms with Gasteiger partial charge in [0.25, 0.3) is 0 Å². The zero-order valence-corrected chi connectivity index (χ0v) is 19.8. The van der Waals surface area contributed by atoms with Crippen molar-refractivity contribution in [1.82, 2.24) is 24.1 Å². The first-order valence-corrected chi connectivity index (χ1v) is 12.3. The van der Waals surface area contributed by atoms with Crippen LogP contribution < -0.4 is 11.1 Å². The third-order valence-corrected chi connectivity index (χ3v) is 7.89. The highest BCUT2D eigenvalue weighted by atomic mass is 32.2. The van der Waals surface area contributed by atoms with Crippen molar-refractivity contribution in [3.63, 3.8) is 0 Å². The molecular weight excluding hydrogens is 457 g/mol. The molecule has 3 N–H and O–H groups in total. The molecular formula is C23H24FN7O2S. The van der Waals surface area contributed by atoms with Crippen LogP contribution in [-0.2, 0) is 15.9 Å². The van der Waals surface area contributed by atoms with Gasteiger partial charge >= 0.3 is 0 Å². The maximum Gasteiger partial charge on any atom is 0.234 e. The van der Waals surface area contributed by atoms with E-state index in [1.165, 1.54) is 15.1 Å². The molecule has 4 heterocycles. The van der Waals surface area contributed by atoms with Crippen LogP contribution >= 0.6 is 0 Å². The number of nitrogens with zero attached hydrogens (tertiary/aromatic N) is 5. The molecule has 0 bridgehead atoms. The van der Waals surface area contributed by atoms with Crippen LogP contribution in [0, 0.1) is 12.7 Å². The zero-order valence-electron chi connectivity index (χ0n) is 18.9. The predicted molar refractivity (Wildman–Crippen MR) is 130 cm³/mol. The van der Waals surface area contributed by atoms with Gasteiger partial charge in [0.2, 0.25) is 10.0 Å². The number of anilines is 3. The number of sulfonamides is 1. The Kier molecular flexibility index (Phi) is 5.25. The van der Waals surface area contributed by atoms with Crippen LogP contribution in [0.2, 0.25) is 0 Å². The molecule has 1 unspecified atom stereocenters. The van der Waals surface area contributed by atoms with Crippen LogP contribution in [0.25, 0.3) is 21.9 Å². The van der Waals surface area contributed by atoms with Crippen LogP contribution in [0.1, 0.15) is 24.1 Å². The van der Waals surface area contributed by atoms with Crippen molar-refractivity contribution in [2.45, 2.75) is 25.6 Å². The van der Waals surface area contributed by atoms with Crippen molar-refractivity contribution < 1.29 is 12.8 Å². The number of nitrogen functional groups attached to an aromatic ring is 1. The SMILES string of the molecule is Cc1c(N)cncc1-c1cc2cc(Nc3cc4n(n3)CS(=O)(=O)N(C)CC4C)ncc2cc1F. The summed E-state index contributed by atoms with van der Waals surface area (Å²) in [7, 11) is -1.86. The molecule has 0 aliphatic carbocycles. The molecule has 0 spiro atoms. The lowest BCUT2D eigenvalue weighted by molar-refractivity contribution is 0.452. The number of benzene rings is 1. The van der Waals surface area contributed by atoms with E-state index in [1.807, 2.05) is 19.9 Å². The molecule has 176 valence electrons. The highest BCUT2D eigenvalue weighted by Crippen LogP contribution is 2.32. The molecule has 1 aromatic carbocycles. The number of rotatable bonds is 3. The molecule has 11 heteroatoms. The Morgan fingerprint density at radius 2 is 1.88 bits per heavy atom. The smallest absolute Gasteiger partial charge is 0.234 e. The van der Waals surface area contributed by atoms with E-state index in [4.69, 9.17) is 5.73 Å². The molecule has 9 nitrogen and oxygen atoms in total. The van der Waals surface area contributed by atoms with Crippen molar-refractivity contribution in [2.75, 3.05) is 24.6 Å². The van der Waals surface area contributed by atoms with Crippen LogP contribution in [-0.4, -0.2) is 46.1 Å². The number of pyridine rings is 2. The Morgan fingerprint density at radius 1 is 1.09 bits per heavy atom. The van der Waals surface area contributed by atoms with Gasteiger partial charge in [-0.15, -0.1) is 0 Å². The van der Waals surface area contributed by atoms with E-state index in [-0.39, 0.29) is 17.6 Å². The van der Waals surface area contributed by atoms with Gasteiger partial charge in [-0.3, -0.25) is 9.67 Å². The summed E-state index contributed by atoms with van der Waals surface area (Å²) in [5.41, 5.74) is 9.07. The lowest BCUT2D eigenvalue weighted by atomic mass is 9.99. The first-order chi connectivity index (χ1) is 16.1. The molecule has 0 amide bonds. The van der Waals surface area contributed by atoms with Gasteiger partial charge in [0.05, 0.1) is 11.9 Å². The van der Waals surface area contributed by atoms with Crippen molar-refractivity contribution in [2.24, 2.45) is 0 Å². The summed E-state index contributed by atoms with van der Waals surface area (Å²) in [6, 6.07) is 6.81. The summed E-state index contributed by atoms with van der Waals surface area (Å²) < 4.78 is 42.6. The fourth-order valence-corrected chi connectivity index (χ4v) is 5.39. The van der Waals surface area contributed by atoms with Crippen molar-refractivity contribution in [3.8, 4) is 11.1 Å². The van der Waals surface area contributed by atoms with Crippen LogP contribution in [0.4, 0.5) is 21.7 Å². The maximum atomic E-state index is 14.9. The molecule has 0 saturated carbocycles. The van der Waals surface area contributed by atoms with Gasteiger partial charge in [0.15, 0.2) is 11.7 Å². The monoisotopic (exact) mass is 481 g/mol. The van der Waals surface area contributed by atoms with E-state index in [9.17, 15) is 12.8 Å². The van der Waals surface area contributed by atoms with Gasteiger partial charge in [-0.1, -0.05) is 6.92 Å². The Bertz CT molecular complexity index is 1530. The molecule has 4 aromatic rings. The second-order valence-corrected chi connectivity index (χ2v) is 10.7. The number of hydrogen-bond acceptors (Lipinski definition) is 7. The summed E-state index contributed by atoms with van der Waals surface area (Å²) in [4.78, 5) is 8.48. The standard InChI is InChI=1S/C23H24FN7O2S/c1-13-11-30(3)34(32,33)12-31-21(13)7-23(29-31)28-22-6-15-4-17(19(24)5-16(15)8-27-22)18-9-26-10-20(25)14(18)2/h4-10,13H,11-12,25H2,1-3H3,(H,27,28,29). The Hall–Kier alpha value is -3.57. The second kappa shape index (κ2) is 8.03. The molecule has 0 radical (unpaired) electrons. The fraction of sp³-hybridized carbons (Fsp3) is 0.261. The molecule has 1 aliphatic heterocycles. The molecule has 1 aliphatic rings. The molecule has 0 saturated heterocycles. The average molecular weight is 482 g/mol. The van der Waals surface area contributed by atoms with E-state index in [0.717, 1.165) is 16.6 Å². The lowest BCUT2D eigenvalue weighted by Crippen LogP contribution is -2.29. The minimum atomic E-state index is -3.43. The van der Waals surface area contributed by atoms with Gasteiger partial charge < -0.3 is 11.1 Å². The third-order valence-electron chi connectivity index (χ3n) is 6.22. The normalized spacial score (nSPS) is 17.9. The van der Waals surface area contributed by atoms with E-state index in [0.29, 0.717) is 40.4 Å². The summed E-state index contributed by atoms with van der Waals surface area (Å²) in [6.45, 7) is 4.18. The molecule has 1 atom stereocenters. The van der Waals surface area contributed by atoms with E-state index in [2.05, 4.69) is 20.4 Å². The van der Waals surface area contributed by atoms with Crippen molar-refractivity contribution in [3.05, 3.63) is 59.9 Å². The largest absolute Gasteiger partial charge is 0.397 e. The lowest BCUT2D eigenvalue weighted by Gasteiger charge is -2.15. The molecule has 0 fully saturated rings. The first kappa shape index (κ1) is 22.2. The van der Waals surface area contributed by atoms with Gasteiger partial charge in [0, 0.05) is 60.2 Å². The Balaban J connectivity index is 1.50. The number of likely N-dealkylation sites (N-methyl/N-ethyl adjacent to an activating group) is 1. The van der Waals surface area contributed by atoms with Crippen molar-refractivity contribution >= 4 is 38.1 Å². The summed E-state index contributed by atoms with van der Waals surface area (Å²) >= 11 is 0. The quantitative estimate of drug-likeness (QED) is 0.459. The Labute approximate surface area is 196 Å². The summed E-state index contributed by atoms with van der Waals surface area (Å²) in [6.07, 6.45) is 4.72. The highest BCUT2D eigenvalue weighted by molar-refractivity contribution is 7.88. The second-order valence-electron chi connectivity index (χ2n) is 8.65. The third kappa shape index (κ3) is 3.86. The molecule has 3 aromatic heterocycles. The number of fused-ring (bicyclic) bond motifs is 2. The summed E-state index contributed by atoms with van der Waals surface area (Å²) in [5, 5.41) is 9.01. The van der Waals surface area contributed by atoms with Gasteiger partial charge in [-0.05, 0) is 36.1 Å².